The third-order valence-electron chi connectivity index (χ3n) is 4.24. The third kappa shape index (κ3) is 3.22. The molecule has 26 heavy (non-hydrogen) atoms. The second kappa shape index (κ2) is 6.57. The normalized spacial score (nSPS) is 13.9. The van der Waals surface area contributed by atoms with E-state index in [4.69, 9.17) is 0 Å². The lowest BCUT2D eigenvalue weighted by Gasteiger charge is -2.17. The summed E-state index contributed by atoms with van der Waals surface area (Å²) in [5.41, 5.74) is 0.0538. The molecule has 1 aromatic carbocycles. The van der Waals surface area contributed by atoms with Gasteiger partial charge in [-0.25, -0.2) is 0 Å². The molecule has 0 saturated carbocycles. The molecule has 0 fully saturated rings. The van der Waals surface area contributed by atoms with Crippen molar-refractivity contribution in [2.45, 2.75) is 25.4 Å². The van der Waals surface area contributed by atoms with E-state index in [0.717, 1.165) is 22.6 Å². The van der Waals surface area contributed by atoms with Gasteiger partial charge in [-0.15, -0.1) is 11.3 Å². The third-order valence-corrected chi connectivity index (χ3v) is 5.55. The van der Waals surface area contributed by atoms with Crippen LogP contribution in [0, 0.1) is 11.3 Å². The summed E-state index contributed by atoms with van der Waals surface area (Å²) in [7, 11) is 1.42. The van der Waals surface area contributed by atoms with Gasteiger partial charge < -0.3 is 4.90 Å². The molecule has 0 spiro atoms. The summed E-state index contributed by atoms with van der Waals surface area (Å²) in [6.45, 7) is 0. The number of benzene rings is 1. The number of thiophene rings is 1. The fourth-order valence-corrected chi connectivity index (χ4v) is 4.19. The van der Waals surface area contributed by atoms with Gasteiger partial charge in [-0.1, -0.05) is 6.07 Å². The Hall–Kier alpha value is -2.66. The molecule has 4 nitrogen and oxygen atoms in total. The van der Waals surface area contributed by atoms with Crippen LogP contribution in [0.1, 0.15) is 38.3 Å². The molecule has 0 saturated heterocycles. The summed E-state index contributed by atoms with van der Waals surface area (Å²) in [6, 6.07) is 6.23. The Kier molecular flexibility index (Phi) is 4.59. The van der Waals surface area contributed by atoms with Crippen LogP contribution in [0.15, 0.2) is 24.3 Å². The number of nitrogens with zero attached hydrogens (tertiary/aromatic N) is 2. The molecule has 2 aromatic rings. The molecule has 0 bridgehead atoms. The van der Waals surface area contributed by atoms with Crippen LogP contribution in [0.25, 0.3) is 0 Å². The van der Waals surface area contributed by atoms with Gasteiger partial charge in [0.2, 0.25) is 0 Å². The van der Waals surface area contributed by atoms with Crippen molar-refractivity contribution < 1.29 is 22.8 Å². The van der Waals surface area contributed by atoms with Crippen LogP contribution >= 0.6 is 11.3 Å². The number of Topliss-reactive ketones (excluding diaryl/α,β-unsaturated/α-hetero) is 1. The SMILES string of the molecule is CN(C(=O)c1cccc(C(F)(F)F)c1)c1sc2c(c1C#N)CCC(=O)C2. The molecule has 0 radical (unpaired) electrons. The monoisotopic (exact) mass is 378 g/mol. The lowest BCUT2D eigenvalue weighted by molar-refractivity contribution is -0.137. The number of hydrogen-bond donors (Lipinski definition) is 0. The molecule has 134 valence electrons. The summed E-state index contributed by atoms with van der Waals surface area (Å²) in [5, 5.41) is 9.82. The van der Waals surface area contributed by atoms with Gasteiger partial charge >= 0.3 is 6.18 Å². The van der Waals surface area contributed by atoms with Gasteiger partial charge in [0.15, 0.2) is 0 Å². The Bertz CT molecular complexity index is 941. The Balaban J connectivity index is 1.98. The highest BCUT2D eigenvalue weighted by molar-refractivity contribution is 7.17. The number of carbonyl (C=O) groups is 2. The van der Waals surface area contributed by atoms with Crippen LogP contribution in [0.2, 0.25) is 0 Å². The Morgan fingerprint density at radius 1 is 1.31 bits per heavy atom. The molecule has 1 aliphatic rings. The number of carbonyl (C=O) groups excluding carboxylic acids is 2. The maximum absolute atomic E-state index is 12.9. The van der Waals surface area contributed by atoms with E-state index in [1.54, 1.807) is 0 Å². The highest BCUT2D eigenvalue weighted by atomic mass is 32.1. The Morgan fingerprint density at radius 3 is 2.69 bits per heavy atom. The van der Waals surface area contributed by atoms with E-state index in [9.17, 15) is 28.0 Å². The molecule has 8 heteroatoms. The van der Waals surface area contributed by atoms with Crippen LogP contribution in [-0.2, 0) is 23.8 Å². The van der Waals surface area contributed by atoms with Crippen LogP contribution in [0.3, 0.4) is 0 Å². The molecular formula is C18H13F3N2O2S. The minimum atomic E-state index is -4.55. The van der Waals surface area contributed by atoms with E-state index in [1.165, 1.54) is 35.4 Å². The van der Waals surface area contributed by atoms with Gasteiger partial charge in [0.25, 0.3) is 5.91 Å². The predicted molar refractivity (Wildman–Crippen MR) is 90.2 cm³/mol. The molecule has 1 aromatic heterocycles. The summed E-state index contributed by atoms with van der Waals surface area (Å²) >= 11 is 1.17. The van der Waals surface area contributed by atoms with Gasteiger partial charge in [-0.2, -0.15) is 18.4 Å². The Labute approximate surface area is 151 Å². The number of anilines is 1. The van der Waals surface area contributed by atoms with Gasteiger partial charge in [-0.3, -0.25) is 9.59 Å². The average molecular weight is 378 g/mol. The zero-order valence-electron chi connectivity index (χ0n) is 13.7. The van der Waals surface area contributed by atoms with Crippen LogP contribution in [0.5, 0.6) is 0 Å². The molecule has 3 rings (SSSR count). The minimum absolute atomic E-state index is 0.0710. The van der Waals surface area contributed by atoms with Crippen molar-refractivity contribution >= 4 is 28.0 Å². The van der Waals surface area contributed by atoms with E-state index in [-0.39, 0.29) is 17.8 Å². The van der Waals surface area contributed by atoms with Crippen LogP contribution in [-0.4, -0.2) is 18.7 Å². The van der Waals surface area contributed by atoms with Gasteiger partial charge in [0.05, 0.1) is 11.1 Å². The van der Waals surface area contributed by atoms with Crippen molar-refractivity contribution in [3.05, 3.63) is 51.4 Å². The van der Waals surface area contributed by atoms with E-state index in [1.807, 2.05) is 0 Å². The van der Waals surface area contributed by atoms with Crippen LogP contribution < -0.4 is 4.90 Å². The largest absolute Gasteiger partial charge is 0.416 e. The van der Waals surface area contributed by atoms with Crippen molar-refractivity contribution in [2.75, 3.05) is 11.9 Å². The molecular weight excluding hydrogens is 365 g/mol. The first-order chi connectivity index (χ1) is 12.2. The van der Waals surface area contributed by atoms with Crippen LogP contribution in [0.4, 0.5) is 18.2 Å². The number of nitriles is 1. The maximum atomic E-state index is 12.9. The highest BCUT2D eigenvalue weighted by Gasteiger charge is 2.32. The maximum Gasteiger partial charge on any atom is 0.416 e. The molecule has 1 aliphatic carbocycles. The summed E-state index contributed by atoms with van der Waals surface area (Å²) in [5.74, 6) is -0.570. The molecule has 0 atom stereocenters. The summed E-state index contributed by atoms with van der Waals surface area (Å²) < 4.78 is 38.6. The molecule has 1 amide bonds. The van der Waals surface area contributed by atoms with Gasteiger partial charge in [-0.05, 0) is 30.2 Å². The molecule has 0 N–H and O–H groups in total. The number of fused-ring (bicyclic) bond motifs is 1. The predicted octanol–water partition coefficient (Wildman–Crippen LogP) is 3.97. The van der Waals surface area contributed by atoms with Gasteiger partial charge in [0.1, 0.15) is 16.9 Å². The van der Waals surface area contributed by atoms with Crippen molar-refractivity contribution in [3.8, 4) is 6.07 Å². The van der Waals surface area contributed by atoms with E-state index < -0.39 is 17.6 Å². The van der Waals surface area contributed by atoms with E-state index >= 15 is 0 Å². The molecule has 0 unspecified atom stereocenters. The quantitative estimate of drug-likeness (QED) is 0.794. The first-order valence-corrected chi connectivity index (χ1v) is 8.55. The molecule has 1 heterocycles. The number of alkyl halides is 3. The fourth-order valence-electron chi connectivity index (χ4n) is 2.90. The summed E-state index contributed by atoms with van der Waals surface area (Å²) in [4.78, 5) is 26.2. The van der Waals surface area contributed by atoms with Gasteiger partial charge in [0, 0.05) is 30.3 Å². The van der Waals surface area contributed by atoms with Crippen molar-refractivity contribution in [1.29, 1.82) is 5.26 Å². The molecule has 0 aliphatic heterocycles. The zero-order valence-corrected chi connectivity index (χ0v) is 14.5. The second-order valence-corrected chi connectivity index (χ2v) is 7.04. The topological polar surface area (TPSA) is 61.2 Å². The number of hydrogen-bond acceptors (Lipinski definition) is 4. The summed E-state index contributed by atoms with van der Waals surface area (Å²) in [6.07, 6.45) is -3.53. The van der Waals surface area contributed by atoms with E-state index in [2.05, 4.69) is 6.07 Å². The minimum Gasteiger partial charge on any atom is -0.302 e. The number of amides is 1. The zero-order chi connectivity index (χ0) is 19.1. The van der Waals surface area contributed by atoms with Crippen molar-refractivity contribution in [3.63, 3.8) is 0 Å². The van der Waals surface area contributed by atoms with E-state index in [0.29, 0.717) is 23.4 Å². The Morgan fingerprint density at radius 2 is 2.04 bits per heavy atom. The number of ketones is 1. The van der Waals surface area contributed by atoms with Crippen molar-refractivity contribution in [1.82, 2.24) is 0 Å². The number of halogens is 3. The lowest BCUT2D eigenvalue weighted by Crippen LogP contribution is -2.26. The lowest BCUT2D eigenvalue weighted by atomic mass is 9.95. The fraction of sp³-hybridized carbons (Fsp3) is 0.278. The second-order valence-electron chi connectivity index (χ2n) is 5.95. The first kappa shape index (κ1) is 18.1. The van der Waals surface area contributed by atoms with Crippen molar-refractivity contribution in [2.24, 2.45) is 0 Å². The smallest absolute Gasteiger partial charge is 0.302 e. The first-order valence-electron chi connectivity index (χ1n) is 7.74. The average Bonchev–Trinajstić information content (AvgIpc) is 2.97. The standard InChI is InChI=1S/C18H13F3N2O2S/c1-23(16(25)10-3-2-4-11(7-10)18(19,20)21)17-14(9-22)13-6-5-12(24)8-15(13)26-17/h2-4,7H,5-6,8H2,1H3. The highest BCUT2D eigenvalue weighted by Crippen LogP contribution is 2.39. The number of rotatable bonds is 2.